The predicted octanol–water partition coefficient (Wildman–Crippen LogP) is 4.04. The maximum absolute atomic E-state index is 12.3. The van der Waals surface area contributed by atoms with Gasteiger partial charge in [-0.05, 0) is 30.5 Å². The molecule has 0 bridgehead atoms. The molecule has 1 saturated heterocycles. The number of nitrogens with one attached hydrogen (secondary N) is 1. The summed E-state index contributed by atoms with van der Waals surface area (Å²) in [6.45, 7) is 9.68. The number of carbonyl (C=O) groups excluding carboxylic acids is 1. The summed E-state index contributed by atoms with van der Waals surface area (Å²) in [5.74, 6) is 1.66. The number of methoxy groups -OCH3 is 1. The Balaban J connectivity index is 1.72. The normalized spacial score (nSPS) is 14.2. The minimum atomic E-state index is -0.0822. The number of hydrogen-bond acceptors (Lipinski definition) is 6. The molecule has 162 valence electrons. The van der Waals surface area contributed by atoms with Crippen LogP contribution >= 0.6 is 11.8 Å². The molecule has 6 nitrogen and oxygen atoms in total. The van der Waals surface area contributed by atoms with Crippen molar-refractivity contribution in [2.45, 2.75) is 49.9 Å². The first-order valence-electron chi connectivity index (χ1n) is 10.5. The molecule has 0 radical (unpaired) electrons. The van der Waals surface area contributed by atoms with Gasteiger partial charge in [-0.3, -0.25) is 4.79 Å². The fraction of sp³-hybridized carbons (Fsp3) is 0.522. The van der Waals surface area contributed by atoms with E-state index in [0.717, 1.165) is 35.3 Å². The molecule has 1 aromatic heterocycles. The van der Waals surface area contributed by atoms with Crippen molar-refractivity contribution in [1.82, 2.24) is 15.3 Å². The maximum atomic E-state index is 12.3. The molecule has 0 atom stereocenters. The highest BCUT2D eigenvalue weighted by molar-refractivity contribution is 7.98. The summed E-state index contributed by atoms with van der Waals surface area (Å²) in [6.07, 6.45) is 2.44. The van der Waals surface area contributed by atoms with Gasteiger partial charge in [0.2, 0.25) is 0 Å². The number of rotatable bonds is 8. The van der Waals surface area contributed by atoms with Gasteiger partial charge in [0.25, 0.3) is 5.91 Å². The summed E-state index contributed by atoms with van der Waals surface area (Å²) >= 11 is 1.62. The van der Waals surface area contributed by atoms with E-state index < -0.39 is 0 Å². The standard InChI is InChI=1S/C23H32N4O2S/c1-23(2,3)19-15-20(27-11-5-6-12-27)26-22(25-19)30-16-17-8-7-9-18(14-17)21(28)24-10-13-29-4/h7-9,14-15H,5-6,10-13,16H2,1-4H3,(H,24,28). The maximum Gasteiger partial charge on any atom is 0.251 e. The number of anilines is 1. The zero-order chi connectivity index (χ0) is 21.6. The van der Waals surface area contributed by atoms with Crippen LogP contribution in [0.15, 0.2) is 35.5 Å². The highest BCUT2D eigenvalue weighted by Crippen LogP contribution is 2.29. The molecule has 1 aliphatic heterocycles. The van der Waals surface area contributed by atoms with E-state index in [2.05, 4.69) is 37.1 Å². The summed E-state index contributed by atoms with van der Waals surface area (Å²) in [5, 5.41) is 3.65. The third-order valence-electron chi connectivity index (χ3n) is 5.04. The smallest absolute Gasteiger partial charge is 0.251 e. The molecule has 0 saturated carbocycles. The Morgan fingerprint density at radius 2 is 1.97 bits per heavy atom. The molecule has 0 unspecified atom stereocenters. The quantitative estimate of drug-likeness (QED) is 0.389. The third kappa shape index (κ3) is 6.19. The van der Waals surface area contributed by atoms with E-state index in [1.807, 2.05) is 24.3 Å². The fourth-order valence-corrected chi connectivity index (χ4v) is 4.09. The van der Waals surface area contributed by atoms with E-state index in [1.54, 1.807) is 18.9 Å². The van der Waals surface area contributed by atoms with Crippen LogP contribution in [0.1, 0.15) is 55.2 Å². The van der Waals surface area contributed by atoms with Gasteiger partial charge in [0.1, 0.15) is 5.82 Å². The summed E-state index contributed by atoms with van der Waals surface area (Å²) < 4.78 is 4.98. The van der Waals surface area contributed by atoms with Crippen molar-refractivity contribution in [2.24, 2.45) is 0 Å². The molecule has 2 aromatic rings. The zero-order valence-electron chi connectivity index (χ0n) is 18.4. The van der Waals surface area contributed by atoms with Gasteiger partial charge in [0.15, 0.2) is 5.16 Å². The number of nitrogens with zero attached hydrogens (tertiary/aromatic N) is 3. The summed E-state index contributed by atoms with van der Waals surface area (Å²) in [4.78, 5) is 24.3. The van der Waals surface area contributed by atoms with Crippen LogP contribution in [0.25, 0.3) is 0 Å². The van der Waals surface area contributed by atoms with Crippen LogP contribution in [0.3, 0.4) is 0 Å². The number of thioether (sulfide) groups is 1. The Hall–Kier alpha value is -2.12. The third-order valence-corrected chi connectivity index (χ3v) is 5.96. The summed E-state index contributed by atoms with van der Waals surface area (Å²) in [7, 11) is 1.62. The second-order valence-corrected chi connectivity index (χ2v) is 9.52. The fourth-order valence-electron chi connectivity index (χ4n) is 3.29. The van der Waals surface area contributed by atoms with Crippen LogP contribution < -0.4 is 10.2 Å². The molecule has 1 amide bonds. The largest absolute Gasteiger partial charge is 0.383 e. The number of ether oxygens (including phenoxy) is 1. The Morgan fingerprint density at radius 3 is 2.67 bits per heavy atom. The summed E-state index contributed by atoms with van der Waals surface area (Å²) in [6, 6.07) is 9.86. The van der Waals surface area contributed by atoms with Gasteiger partial charge in [-0.1, -0.05) is 44.7 Å². The lowest BCUT2D eigenvalue weighted by molar-refractivity contribution is 0.0937. The molecule has 1 fully saturated rings. The van der Waals surface area contributed by atoms with Gasteiger partial charge < -0.3 is 15.0 Å². The average Bonchev–Trinajstić information content (AvgIpc) is 3.27. The van der Waals surface area contributed by atoms with Gasteiger partial charge in [0.05, 0.1) is 12.3 Å². The Kier molecular flexibility index (Phi) is 7.72. The summed E-state index contributed by atoms with van der Waals surface area (Å²) in [5.41, 5.74) is 2.76. The number of carbonyl (C=O) groups is 1. The van der Waals surface area contributed by atoms with Crippen molar-refractivity contribution in [3.8, 4) is 0 Å². The second kappa shape index (κ2) is 10.3. The Morgan fingerprint density at radius 1 is 1.20 bits per heavy atom. The molecular formula is C23H32N4O2S. The van der Waals surface area contributed by atoms with Gasteiger partial charge in [-0.2, -0.15) is 0 Å². The van der Waals surface area contributed by atoms with E-state index in [4.69, 9.17) is 14.7 Å². The van der Waals surface area contributed by atoms with Crippen molar-refractivity contribution in [3.63, 3.8) is 0 Å². The van der Waals surface area contributed by atoms with Crippen LogP contribution in [0.5, 0.6) is 0 Å². The number of benzene rings is 1. The first-order valence-corrected chi connectivity index (χ1v) is 11.5. The highest BCUT2D eigenvalue weighted by Gasteiger charge is 2.21. The lowest BCUT2D eigenvalue weighted by atomic mass is 9.92. The molecule has 1 N–H and O–H groups in total. The molecule has 30 heavy (non-hydrogen) atoms. The highest BCUT2D eigenvalue weighted by atomic mass is 32.2. The Bertz CT molecular complexity index is 861. The number of hydrogen-bond donors (Lipinski definition) is 1. The average molecular weight is 429 g/mol. The molecule has 0 aliphatic carbocycles. The van der Waals surface area contributed by atoms with E-state index >= 15 is 0 Å². The first kappa shape index (κ1) is 22.6. The van der Waals surface area contributed by atoms with Crippen molar-refractivity contribution < 1.29 is 9.53 Å². The lowest BCUT2D eigenvalue weighted by Crippen LogP contribution is -2.26. The van der Waals surface area contributed by atoms with Crippen molar-refractivity contribution in [3.05, 3.63) is 47.2 Å². The van der Waals surface area contributed by atoms with Gasteiger partial charge in [0, 0.05) is 49.5 Å². The molecule has 2 heterocycles. The van der Waals surface area contributed by atoms with Crippen LogP contribution in [0.4, 0.5) is 5.82 Å². The van der Waals surface area contributed by atoms with E-state index in [1.165, 1.54) is 12.8 Å². The van der Waals surface area contributed by atoms with Gasteiger partial charge in [-0.25, -0.2) is 9.97 Å². The van der Waals surface area contributed by atoms with Crippen molar-refractivity contribution >= 4 is 23.5 Å². The predicted molar refractivity (Wildman–Crippen MR) is 122 cm³/mol. The van der Waals surface area contributed by atoms with Gasteiger partial charge in [-0.15, -0.1) is 0 Å². The van der Waals surface area contributed by atoms with Gasteiger partial charge >= 0.3 is 0 Å². The lowest BCUT2D eigenvalue weighted by Gasteiger charge is -2.23. The van der Waals surface area contributed by atoms with Crippen molar-refractivity contribution in [1.29, 1.82) is 0 Å². The molecule has 0 spiro atoms. The molecular weight excluding hydrogens is 396 g/mol. The topological polar surface area (TPSA) is 67.3 Å². The molecule has 7 heteroatoms. The zero-order valence-corrected chi connectivity index (χ0v) is 19.2. The van der Waals surface area contributed by atoms with E-state index in [-0.39, 0.29) is 11.3 Å². The first-order chi connectivity index (χ1) is 14.4. The van der Waals surface area contributed by atoms with Crippen molar-refractivity contribution in [2.75, 3.05) is 38.3 Å². The van der Waals surface area contributed by atoms with Crippen LogP contribution in [-0.2, 0) is 15.9 Å². The monoisotopic (exact) mass is 428 g/mol. The minimum absolute atomic E-state index is 0.0348. The van der Waals surface area contributed by atoms with Crippen LogP contribution in [-0.4, -0.2) is 49.2 Å². The van der Waals surface area contributed by atoms with Crippen LogP contribution in [0.2, 0.25) is 0 Å². The van der Waals surface area contributed by atoms with Crippen LogP contribution in [0, 0.1) is 0 Å². The van der Waals surface area contributed by atoms with E-state index in [9.17, 15) is 4.79 Å². The molecule has 3 rings (SSSR count). The SMILES string of the molecule is COCCNC(=O)c1cccc(CSc2nc(N3CCCC3)cc(C(C)(C)C)n2)c1. The number of amides is 1. The molecule has 1 aromatic carbocycles. The minimum Gasteiger partial charge on any atom is -0.383 e. The second-order valence-electron chi connectivity index (χ2n) is 8.58. The van der Waals surface area contributed by atoms with E-state index in [0.29, 0.717) is 24.5 Å². The molecule has 1 aliphatic rings. The Labute approximate surface area is 183 Å². The number of aromatic nitrogens is 2.